The van der Waals surface area contributed by atoms with Crippen LogP contribution in [-0.2, 0) is 66.2 Å². The maximum Gasteiger partial charge on any atom is 0.488 e. The second-order valence-electron chi connectivity index (χ2n) is 16.3. The van der Waals surface area contributed by atoms with Crippen molar-refractivity contribution in [1.82, 2.24) is 53.6 Å². The van der Waals surface area contributed by atoms with Gasteiger partial charge in [0.05, 0.1) is 39.5 Å². The number of rotatable bonds is 18. The summed E-state index contributed by atoms with van der Waals surface area (Å²) < 4.78 is 103. The lowest BCUT2D eigenvalue weighted by Crippen LogP contribution is -2.36. The van der Waals surface area contributed by atoms with E-state index in [1.807, 2.05) is 0 Å². The molecule has 9 rings (SSSR count). The lowest BCUT2D eigenvalue weighted by molar-refractivity contribution is -0.646. The van der Waals surface area contributed by atoms with Crippen LogP contribution >= 0.6 is 42.5 Å². The predicted octanol–water partition coefficient (Wildman–Crippen LogP) is -4.43. The molecule has 6 aromatic heterocycles. The molecular weight excluding hydrogens is 1110 g/mol. The molecular formula is C31H42N15O23P4S+. The molecule has 0 spiro atoms. The Morgan fingerprint density at radius 1 is 0.649 bits per heavy atom. The molecule has 43 heteroatoms. The highest BCUT2D eigenvalue weighted by molar-refractivity contribution is 8.45. The summed E-state index contributed by atoms with van der Waals surface area (Å²) in [5.74, 6) is -0.734. The van der Waals surface area contributed by atoms with Crippen LogP contribution in [-0.4, -0.2) is 169 Å². The molecule has 0 aliphatic carbocycles. The predicted molar refractivity (Wildman–Crippen MR) is 241 cm³/mol. The van der Waals surface area contributed by atoms with Crippen LogP contribution < -0.4 is 32.9 Å². The highest BCUT2D eigenvalue weighted by Gasteiger charge is 2.53. The summed E-state index contributed by atoms with van der Waals surface area (Å²) in [5.41, 5.74) is 15.3. The number of aromatic nitrogens is 12. The van der Waals surface area contributed by atoms with E-state index in [9.17, 15) is 68.1 Å². The molecule has 38 nitrogen and oxygen atoms in total. The topological polar surface area (TPSA) is 553 Å². The van der Waals surface area contributed by atoms with Crippen molar-refractivity contribution in [3.8, 4) is 0 Å². The van der Waals surface area contributed by atoms with Gasteiger partial charge in [-0.3, -0.25) is 46.8 Å². The average Bonchev–Trinajstić information content (AvgIpc) is 4.15. The summed E-state index contributed by atoms with van der Waals surface area (Å²) in [6, 6.07) is 0. The highest BCUT2D eigenvalue weighted by atomic mass is 32.7. The van der Waals surface area contributed by atoms with Crippen LogP contribution in [0.5, 0.6) is 0 Å². The molecule has 0 amide bonds. The van der Waals surface area contributed by atoms with Gasteiger partial charge >= 0.3 is 35.8 Å². The molecule has 7 unspecified atom stereocenters. The number of nitrogens with two attached hydrogens (primary N) is 3. The van der Waals surface area contributed by atoms with E-state index in [2.05, 4.69) is 60.7 Å². The number of ether oxygens (including phenoxy) is 3. The minimum atomic E-state index is -6.05. The van der Waals surface area contributed by atoms with E-state index in [-0.39, 0.29) is 51.2 Å². The summed E-state index contributed by atoms with van der Waals surface area (Å²) in [7, 11) is -15.8. The van der Waals surface area contributed by atoms with Gasteiger partial charge in [0.15, 0.2) is 35.1 Å². The Morgan fingerprint density at radius 3 is 1.82 bits per heavy atom. The number of aromatic amines is 2. The number of thiol groups is 1. The van der Waals surface area contributed by atoms with Crippen molar-refractivity contribution >= 4 is 93.7 Å². The van der Waals surface area contributed by atoms with Gasteiger partial charge < -0.3 is 71.6 Å². The van der Waals surface area contributed by atoms with E-state index in [1.165, 1.54) is 17.9 Å². The molecule has 0 bridgehead atoms. The summed E-state index contributed by atoms with van der Waals surface area (Å²) in [5, 5.41) is 54.6. The largest absolute Gasteiger partial charge is 0.488 e. The van der Waals surface area contributed by atoms with Gasteiger partial charge in [0.2, 0.25) is 24.5 Å². The first-order chi connectivity index (χ1) is 34.6. The number of fused-ring (bicyclic) bond motifs is 3. The van der Waals surface area contributed by atoms with Crippen LogP contribution in [0.25, 0.3) is 33.5 Å². The maximum absolute atomic E-state index is 13.5. The first kappa shape index (κ1) is 54.0. The zero-order chi connectivity index (χ0) is 53.6. The fraction of sp³-hybridized carbons (Fsp3) is 0.516. The van der Waals surface area contributed by atoms with Crippen LogP contribution in [0.3, 0.4) is 0 Å². The number of anilines is 3. The summed E-state index contributed by atoms with van der Waals surface area (Å²) in [4.78, 5) is 84.8. The highest BCUT2D eigenvalue weighted by Crippen LogP contribution is 2.71. The molecule has 16 N–H and O–H groups in total. The van der Waals surface area contributed by atoms with Crippen LogP contribution in [0.4, 0.5) is 17.7 Å². The number of phosphoric ester groups is 2. The first-order valence-electron chi connectivity index (χ1n) is 20.8. The van der Waals surface area contributed by atoms with Crippen molar-refractivity contribution in [2.24, 2.45) is 7.05 Å². The van der Waals surface area contributed by atoms with Crippen LogP contribution in [0.1, 0.15) is 18.7 Å². The van der Waals surface area contributed by atoms with E-state index in [1.54, 1.807) is 0 Å². The minimum Gasteiger partial charge on any atom is -0.387 e. The standard InChI is InChI=1S/C31H41N15O23P4S/c1-43-8-46(24-14(43)26(53)42-31(34)40-24)28-18(50)16(48)10(65-28)3-62-71(56,57)68-72(58,59)69-73(60,74)63-4-11-20(19(51)29(66-11)44-6-37-12-21(32)35-5-36-22(12)44)67-70(54,55)61-2-9-15(47)17(49)27(64-9)45-7-38-13-23(45)39-30(33)41-25(13)52/h5-11,15-20,27-29,47-51H,2-4H2,1H3,(H11-,32,33,34,35,36,39,40,41,42,52,53,54,55,56,57,58,59,60,74)/p+1/t9-,10-,11-,15?,16?,17+,18+,19+,20?,27-,28-,29-,73?/m1/s1. The molecule has 0 saturated carbocycles. The number of hydrogen-bond acceptors (Lipinski definition) is 29. The number of nitrogen functional groups attached to an aromatic ring is 3. The fourth-order valence-electron chi connectivity index (χ4n) is 8.06. The molecule has 0 radical (unpaired) electrons. The van der Waals surface area contributed by atoms with Crippen molar-refractivity contribution < 1.29 is 104 Å². The van der Waals surface area contributed by atoms with Gasteiger partial charge in [-0.1, -0.05) is 12.2 Å². The maximum atomic E-state index is 13.5. The monoisotopic (exact) mass is 1150 g/mol. The number of aliphatic hydroxyl groups excluding tert-OH is 5. The Bertz CT molecular complexity index is 3450. The van der Waals surface area contributed by atoms with Gasteiger partial charge in [-0.2, -0.15) is 23.2 Å². The number of aliphatic hydroxyl groups is 5. The van der Waals surface area contributed by atoms with Crippen molar-refractivity contribution in [2.75, 3.05) is 37.0 Å². The Kier molecular flexibility index (Phi) is 14.6. The number of H-pyrrole nitrogens is 2. The van der Waals surface area contributed by atoms with Crippen LogP contribution in [0.2, 0.25) is 0 Å². The number of imidazole rings is 3. The third-order valence-electron chi connectivity index (χ3n) is 11.3. The summed E-state index contributed by atoms with van der Waals surface area (Å²) in [6.45, 7) is -8.60. The quantitative estimate of drug-likeness (QED) is 0.0219. The number of phosphoric acid groups is 3. The number of hydrogen-bond donors (Lipinski definition) is 14. The molecule has 74 heavy (non-hydrogen) atoms. The molecule has 9 heterocycles. The lowest BCUT2D eigenvalue weighted by Gasteiger charge is -2.25. The van der Waals surface area contributed by atoms with Gasteiger partial charge in [-0.15, -0.1) is 0 Å². The molecule has 0 aromatic carbocycles. The molecule has 3 fully saturated rings. The normalized spacial score (nSPS) is 30.7. The molecule has 404 valence electrons. The Hall–Kier alpha value is -4.76. The van der Waals surface area contributed by atoms with Crippen molar-refractivity contribution in [1.29, 1.82) is 0 Å². The van der Waals surface area contributed by atoms with E-state index >= 15 is 0 Å². The lowest BCUT2D eigenvalue weighted by atomic mass is 10.1. The van der Waals surface area contributed by atoms with Crippen LogP contribution in [0, 0.1) is 0 Å². The second kappa shape index (κ2) is 20.0. The zero-order valence-corrected chi connectivity index (χ0v) is 41.5. The van der Waals surface area contributed by atoms with E-state index in [4.69, 9.17) is 49.5 Å². The summed E-state index contributed by atoms with van der Waals surface area (Å²) in [6.07, 6.45) is -16.7. The molecule has 3 aliphatic rings. The van der Waals surface area contributed by atoms with Gasteiger partial charge in [-0.25, -0.2) is 42.8 Å². The molecule has 6 aromatic rings. The van der Waals surface area contributed by atoms with Crippen molar-refractivity contribution in [2.45, 2.75) is 73.6 Å². The van der Waals surface area contributed by atoms with Gasteiger partial charge in [-0.05, 0) is 0 Å². The SMILES string of the molecule is C[n+]1cn([C@@H]2O[C@H](COP(=O)(O)OP(=O)(O)OP(=O)(S)OC[C@H]3O[C@@H](n4cnc5c(N)ncnc54)[C@@H](O)C3OP(=O)(O)OC[C@H]3O[C@@H](n4cnc5c(=O)[nH]c(N)nc54)[C@@H](O)C3O)C(O)[C@@H]2O)c2nc(N)[nH]c(=O)c21. The van der Waals surface area contributed by atoms with E-state index in [0.29, 0.717) is 0 Å². The Balaban J connectivity index is 0.850. The fourth-order valence-corrected chi connectivity index (χ4v) is 13.6. The molecule has 3 aliphatic heterocycles. The summed E-state index contributed by atoms with van der Waals surface area (Å²) >= 11 is 3.61. The number of nitrogens with zero attached hydrogens (tertiary/aromatic N) is 10. The smallest absolute Gasteiger partial charge is 0.387 e. The molecule has 16 atom stereocenters. The molecule has 3 saturated heterocycles. The van der Waals surface area contributed by atoms with Crippen molar-refractivity contribution in [3.63, 3.8) is 0 Å². The Labute approximate surface area is 414 Å². The zero-order valence-electron chi connectivity index (χ0n) is 37.0. The van der Waals surface area contributed by atoms with Crippen LogP contribution in [0.15, 0.2) is 34.9 Å². The first-order valence-corrected chi connectivity index (χ1v) is 27.9. The Morgan fingerprint density at radius 2 is 1.18 bits per heavy atom. The van der Waals surface area contributed by atoms with Gasteiger partial charge in [0.1, 0.15) is 66.8 Å². The average molecular weight is 1150 g/mol. The van der Waals surface area contributed by atoms with E-state index in [0.717, 1.165) is 32.7 Å². The number of aryl methyl sites for hydroxylation is 1. The third kappa shape index (κ3) is 10.7. The van der Waals surface area contributed by atoms with Gasteiger partial charge in [0, 0.05) is 0 Å². The van der Waals surface area contributed by atoms with E-state index < -0.39 is 135 Å². The second-order valence-corrected chi connectivity index (χ2v) is 23.8. The van der Waals surface area contributed by atoms with Crippen molar-refractivity contribution in [3.05, 3.63) is 46.0 Å². The van der Waals surface area contributed by atoms with Gasteiger partial charge in [0.25, 0.3) is 16.7 Å². The minimum absolute atomic E-state index is 0.00936. The number of nitrogens with one attached hydrogen (secondary N) is 2. The third-order valence-corrected chi connectivity index (χ3v) is 17.5.